The molecule has 14 aromatic rings. The maximum Gasteiger partial charge on any atom is 0.165 e. The number of hydrogen-bond acceptors (Lipinski definition) is 2. The minimum Gasteiger partial charge on any atom is -0.309 e. The van der Waals surface area contributed by atoms with Crippen LogP contribution in [0.2, 0.25) is 0 Å². The first kappa shape index (κ1) is 31.1. The zero-order valence-electron chi connectivity index (χ0n) is 31.6. The third kappa shape index (κ3) is 4.08. The fourth-order valence-corrected chi connectivity index (χ4v) is 10.2. The summed E-state index contributed by atoms with van der Waals surface area (Å²) in [7, 11) is 0. The monoisotopic (exact) mass is 749 g/mol. The predicted molar refractivity (Wildman–Crippen MR) is 246 cm³/mol. The Bertz CT molecular complexity index is 4070. The summed E-state index contributed by atoms with van der Waals surface area (Å²) in [6.07, 6.45) is 0. The van der Waals surface area contributed by atoms with E-state index < -0.39 is 0 Å². The highest BCUT2D eigenvalue weighted by atomic mass is 15.1. The van der Waals surface area contributed by atoms with Crippen LogP contribution in [0.3, 0.4) is 0 Å². The van der Waals surface area contributed by atoms with Gasteiger partial charge in [0, 0.05) is 54.3 Å². The maximum absolute atomic E-state index is 5.56. The Morgan fingerprint density at radius 1 is 0.339 bits per heavy atom. The summed E-state index contributed by atoms with van der Waals surface area (Å²) in [4.78, 5) is 11.1. The van der Waals surface area contributed by atoms with E-state index in [9.17, 15) is 0 Å². The van der Waals surface area contributed by atoms with Gasteiger partial charge >= 0.3 is 0 Å². The standard InChI is InChI=1S/C54H31N5/c1-2-16-35(17-3-1)57-44-23-11-6-18-36(44)39-29-34(26-27-47(39)57)52-54(56-43-22-10-9-21-42(43)55-52)59-46-25-13-7-19-37(46)50-49(59)31-41-40-28-32-14-4-5-15-33(32)30-48(40)58-45-24-12-8-20-38(45)51(50)53(41)58/h1-31H. The van der Waals surface area contributed by atoms with Crippen LogP contribution >= 0.6 is 0 Å². The van der Waals surface area contributed by atoms with Crippen molar-refractivity contribution in [1.82, 2.24) is 23.5 Å². The predicted octanol–water partition coefficient (Wildman–Crippen LogP) is 13.8. The molecule has 5 nitrogen and oxygen atoms in total. The van der Waals surface area contributed by atoms with Crippen molar-refractivity contribution in [2.75, 3.05) is 0 Å². The third-order valence-corrected chi connectivity index (χ3v) is 12.7. The topological polar surface area (TPSA) is 40.0 Å². The van der Waals surface area contributed by atoms with Crippen molar-refractivity contribution >= 4 is 104 Å². The largest absolute Gasteiger partial charge is 0.309 e. The molecule has 0 aliphatic carbocycles. The van der Waals surface area contributed by atoms with E-state index in [0.29, 0.717) is 0 Å². The third-order valence-electron chi connectivity index (χ3n) is 12.7. The smallest absolute Gasteiger partial charge is 0.165 e. The summed E-state index contributed by atoms with van der Waals surface area (Å²) in [5, 5.41) is 12.3. The van der Waals surface area contributed by atoms with Crippen molar-refractivity contribution in [1.29, 1.82) is 0 Å². The van der Waals surface area contributed by atoms with Crippen LogP contribution in [0.4, 0.5) is 0 Å². The van der Waals surface area contributed by atoms with Gasteiger partial charge in [-0.25, -0.2) is 9.97 Å². The Morgan fingerprint density at radius 3 is 1.73 bits per heavy atom. The van der Waals surface area contributed by atoms with Gasteiger partial charge in [0.2, 0.25) is 0 Å². The first-order valence-corrected chi connectivity index (χ1v) is 20.2. The lowest BCUT2D eigenvalue weighted by Gasteiger charge is -2.14. The molecule has 0 atom stereocenters. The van der Waals surface area contributed by atoms with Crippen LogP contribution in [0.15, 0.2) is 188 Å². The zero-order chi connectivity index (χ0) is 38.3. The lowest BCUT2D eigenvalue weighted by Crippen LogP contribution is -2.03. The highest BCUT2D eigenvalue weighted by Gasteiger charge is 2.26. The van der Waals surface area contributed by atoms with Crippen molar-refractivity contribution in [3.05, 3.63) is 188 Å². The SMILES string of the molecule is c1ccc(-n2c3ccccc3c3cc(-c4nc5ccccc5nc4-n4c5ccccc5c5c6c7ccccc7n7c8cc9ccccc9cc8c(cc54)c67)ccc32)cc1. The molecule has 0 N–H and O–H groups in total. The summed E-state index contributed by atoms with van der Waals surface area (Å²) in [5.74, 6) is 0.813. The number of fused-ring (bicyclic) bond motifs is 15. The molecule has 0 aliphatic heterocycles. The van der Waals surface area contributed by atoms with Gasteiger partial charge < -0.3 is 8.97 Å². The summed E-state index contributed by atoms with van der Waals surface area (Å²) in [6.45, 7) is 0. The molecule has 5 heterocycles. The molecule has 5 aromatic heterocycles. The van der Waals surface area contributed by atoms with Gasteiger partial charge in [0.1, 0.15) is 5.69 Å². The minimum absolute atomic E-state index is 0.813. The van der Waals surface area contributed by atoms with Gasteiger partial charge in [-0.3, -0.25) is 4.57 Å². The Kier molecular flexibility index (Phi) is 5.96. The molecule has 272 valence electrons. The number of hydrogen-bond donors (Lipinski definition) is 0. The molecule has 0 fully saturated rings. The normalized spacial score (nSPS) is 12.4. The number of rotatable bonds is 3. The maximum atomic E-state index is 5.56. The molecule has 9 aromatic carbocycles. The molecule has 0 aliphatic rings. The fraction of sp³-hybridized carbons (Fsp3) is 0. The van der Waals surface area contributed by atoms with Crippen LogP contribution in [-0.2, 0) is 0 Å². The van der Waals surface area contributed by atoms with E-state index in [0.717, 1.165) is 50.3 Å². The minimum atomic E-state index is 0.813. The number of para-hydroxylation sites is 6. The number of benzene rings is 9. The lowest BCUT2D eigenvalue weighted by molar-refractivity contribution is 1.08. The van der Waals surface area contributed by atoms with Crippen LogP contribution in [-0.4, -0.2) is 23.5 Å². The van der Waals surface area contributed by atoms with Gasteiger partial charge in [0.25, 0.3) is 0 Å². The second kappa shape index (κ2) is 11.3. The van der Waals surface area contributed by atoms with E-state index >= 15 is 0 Å². The van der Waals surface area contributed by atoms with Gasteiger partial charge in [0.15, 0.2) is 5.82 Å². The quantitative estimate of drug-likeness (QED) is 0.180. The second-order valence-electron chi connectivity index (χ2n) is 15.8. The van der Waals surface area contributed by atoms with Gasteiger partial charge in [-0.1, -0.05) is 115 Å². The molecule has 0 amide bonds. The zero-order valence-corrected chi connectivity index (χ0v) is 31.6. The molecular formula is C54H31N5. The van der Waals surface area contributed by atoms with E-state index in [1.807, 2.05) is 6.07 Å². The number of aromatic nitrogens is 5. The first-order valence-electron chi connectivity index (χ1n) is 20.2. The molecular weight excluding hydrogens is 719 g/mol. The van der Waals surface area contributed by atoms with Gasteiger partial charge in [-0.2, -0.15) is 0 Å². The lowest BCUT2D eigenvalue weighted by atomic mass is 10.0. The van der Waals surface area contributed by atoms with E-state index in [-0.39, 0.29) is 0 Å². The summed E-state index contributed by atoms with van der Waals surface area (Å²) in [5.41, 5.74) is 13.0. The highest BCUT2D eigenvalue weighted by Crippen LogP contribution is 2.48. The summed E-state index contributed by atoms with van der Waals surface area (Å²) in [6, 6.07) is 68.0. The second-order valence-corrected chi connectivity index (χ2v) is 15.8. The summed E-state index contributed by atoms with van der Waals surface area (Å²) >= 11 is 0. The first-order chi connectivity index (χ1) is 29.3. The van der Waals surface area contributed by atoms with Crippen molar-refractivity contribution in [3.63, 3.8) is 0 Å². The molecule has 5 heteroatoms. The van der Waals surface area contributed by atoms with Gasteiger partial charge in [-0.15, -0.1) is 0 Å². The van der Waals surface area contributed by atoms with Crippen LogP contribution in [0.25, 0.3) is 126 Å². The van der Waals surface area contributed by atoms with E-state index in [1.54, 1.807) is 0 Å². The Hall–Kier alpha value is -8.02. The molecule has 0 unspecified atom stereocenters. The van der Waals surface area contributed by atoms with Crippen molar-refractivity contribution in [2.45, 2.75) is 0 Å². The van der Waals surface area contributed by atoms with Crippen LogP contribution < -0.4 is 0 Å². The molecule has 0 saturated heterocycles. The number of nitrogens with zero attached hydrogens (tertiary/aromatic N) is 5. The average molecular weight is 750 g/mol. The average Bonchev–Trinajstić information content (AvgIpc) is 4.01. The van der Waals surface area contributed by atoms with Crippen molar-refractivity contribution < 1.29 is 0 Å². The van der Waals surface area contributed by atoms with Crippen LogP contribution in [0, 0.1) is 0 Å². The Balaban J connectivity index is 1.14. The Labute approximate surface area is 336 Å². The molecule has 14 rings (SSSR count). The van der Waals surface area contributed by atoms with Crippen LogP contribution in [0.1, 0.15) is 0 Å². The Morgan fingerprint density at radius 2 is 0.932 bits per heavy atom. The molecule has 0 saturated carbocycles. The van der Waals surface area contributed by atoms with Crippen LogP contribution in [0.5, 0.6) is 0 Å². The fourth-order valence-electron chi connectivity index (χ4n) is 10.2. The molecule has 0 spiro atoms. The van der Waals surface area contributed by atoms with Gasteiger partial charge in [0.05, 0.1) is 49.7 Å². The highest BCUT2D eigenvalue weighted by molar-refractivity contribution is 6.36. The van der Waals surface area contributed by atoms with Gasteiger partial charge in [-0.05, 0) is 83.6 Å². The summed E-state index contributed by atoms with van der Waals surface area (Å²) < 4.78 is 7.24. The van der Waals surface area contributed by atoms with Crippen molar-refractivity contribution in [3.8, 4) is 22.8 Å². The van der Waals surface area contributed by atoms with Crippen molar-refractivity contribution in [2.24, 2.45) is 0 Å². The molecule has 0 radical (unpaired) electrons. The van der Waals surface area contributed by atoms with E-state index in [2.05, 4.69) is 196 Å². The molecule has 0 bridgehead atoms. The van der Waals surface area contributed by atoms with E-state index in [4.69, 9.17) is 9.97 Å². The van der Waals surface area contributed by atoms with E-state index in [1.165, 1.54) is 75.9 Å². The molecule has 59 heavy (non-hydrogen) atoms.